The molecule has 16 heavy (non-hydrogen) atoms. The van der Waals surface area contributed by atoms with Crippen molar-refractivity contribution in [3.63, 3.8) is 0 Å². The summed E-state index contributed by atoms with van der Waals surface area (Å²) >= 11 is 5.82. The maximum atomic E-state index is 5.82. The van der Waals surface area contributed by atoms with E-state index in [-0.39, 0.29) is 24.8 Å². The fourth-order valence-corrected chi connectivity index (χ4v) is 2.12. The van der Waals surface area contributed by atoms with Gasteiger partial charge in [-0.3, -0.25) is 9.88 Å². The van der Waals surface area contributed by atoms with Crippen LogP contribution in [0.1, 0.15) is 31.0 Å². The number of aromatic nitrogens is 2. The Balaban J connectivity index is 0.00000112. The van der Waals surface area contributed by atoms with Gasteiger partial charge in [0.1, 0.15) is 5.15 Å². The van der Waals surface area contributed by atoms with Crippen LogP contribution >= 0.6 is 36.4 Å². The quantitative estimate of drug-likeness (QED) is 0.793. The van der Waals surface area contributed by atoms with Gasteiger partial charge in [0.2, 0.25) is 0 Å². The molecule has 2 rings (SSSR count). The number of hydrogen-bond acceptors (Lipinski definition) is 3. The maximum absolute atomic E-state index is 5.82. The molecule has 0 bridgehead atoms. The van der Waals surface area contributed by atoms with Gasteiger partial charge in [0.25, 0.3) is 0 Å². The van der Waals surface area contributed by atoms with Gasteiger partial charge in [-0.2, -0.15) is 0 Å². The lowest BCUT2D eigenvalue weighted by molar-refractivity contribution is 0.183. The highest BCUT2D eigenvalue weighted by Gasteiger charge is 2.21. The first-order chi connectivity index (χ1) is 6.77. The summed E-state index contributed by atoms with van der Waals surface area (Å²) in [5.41, 5.74) is 1.000. The van der Waals surface area contributed by atoms with Gasteiger partial charge in [-0.1, -0.05) is 18.0 Å². The van der Waals surface area contributed by atoms with Crippen LogP contribution in [0.5, 0.6) is 0 Å². The van der Waals surface area contributed by atoms with Crippen LogP contribution in [-0.4, -0.2) is 28.5 Å². The van der Waals surface area contributed by atoms with E-state index in [4.69, 9.17) is 11.6 Å². The van der Waals surface area contributed by atoms with Gasteiger partial charge in [-0.25, -0.2) is 4.98 Å². The smallest absolute Gasteiger partial charge is 0.147 e. The average Bonchev–Trinajstić information content (AvgIpc) is 2.18. The molecule has 3 nitrogen and oxygen atoms in total. The Hall–Kier alpha value is -0.0900. The first kappa shape index (κ1) is 15.9. The number of hydrogen-bond donors (Lipinski definition) is 0. The van der Waals surface area contributed by atoms with Gasteiger partial charge in [-0.05, 0) is 26.4 Å². The Kier molecular flexibility index (Phi) is 7.24. The lowest BCUT2D eigenvalue weighted by Crippen LogP contribution is -2.30. The van der Waals surface area contributed by atoms with Crippen molar-refractivity contribution < 1.29 is 0 Å². The molecule has 0 aromatic carbocycles. The Morgan fingerprint density at radius 2 is 2.06 bits per heavy atom. The normalized spacial score (nSPS) is 20.8. The molecular formula is C10H16Cl3N3. The van der Waals surface area contributed by atoms with Crippen LogP contribution in [0.2, 0.25) is 5.15 Å². The van der Waals surface area contributed by atoms with Crippen LogP contribution < -0.4 is 0 Å². The van der Waals surface area contributed by atoms with Crippen LogP contribution in [0.15, 0.2) is 12.4 Å². The molecule has 0 amide bonds. The third-order valence-corrected chi connectivity index (χ3v) is 2.92. The number of likely N-dealkylation sites (tertiary alicyclic amines) is 1. The van der Waals surface area contributed by atoms with E-state index in [2.05, 4.69) is 21.9 Å². The van der Waals surface area contributed by atoms with E-state index in [0.717, 1.165) is 18.7 Å². The molecule has 6 heteroatoms. The zero-order valence-corrected chi connectivity index (χ0v) is 11.5. The second-order valence-electron chi connectivity index (χ2n) is 3.76. The fraction of sp³-hybridized carbons (Fsp3) is 0.600. The molecule has 0 aliphatic carbocycles. The highest BCUT2D eigenvalue weighted by Crippen LogP contribution is 2.28. The van der Waals surface area contributed by atoms with E-state index in [9.17, 15) is 0 Å². The van der Waals surface area contributed by atoms with E-state index in [1.807, 2.05) is 6.20 Å². The highest BCUT2D eigenvalue weighted by molar-refractivity contribution is 6.29. The third kappa shape index (κ3) is 3.74. The number of halogens is 3. The first-order valence-electron chi connectivity index (χ1n) is 4.95. The summed E-state index contributed by atoms with van der Waals surface area (Å²) in [6.07, 6.45) is 7.10. The van der Waals surface area contributed by atoms with Gasteiger partial charge in [0.15, 0.2) is 0 Å². The van der Waals surface area contributed by atoms with Crippen LogP contribution in [0, 0.1) is 0 Å². The highest BCUT2D eigenvalue weighted by atomic mass is 35.5. The molecule has 1 aromatic heterocycles. The van der Waals surface area contributed by atoms with E-state index < -0.39 is 0 Å². The molecule has 0 N–H and O–H groups in total. The zero-order valence-electron chi connectivity index (χ0n) is 9.10. The van der Waals surface area contributed by atoms with Crippen molar-refractivity contribution in [2.24, 2.45) is 0 Å². The lowest BCUT2D eigenvalue weighted by Gasteiger charge is -2.31. The first-order valence-corrected chi connectivity index (χ1v) is 5.33. The summed E-state index contributed by atoms with van der Waals surface area (Å²) in [5.74, 6) is 0. The van der Waals surface area contributed by atoms with Gasteiger partial charge in [0, 0.05) is 0 Å². The van der Waals surface area contributed by atoms with Crippen LogP contribution in [0.4, 0.5) is 0 Å². The molecule has 1 saturated heterocycles. The van der Waals surface area contributed by atoms with Crippen molar-refractivity contribution in [3.8, 4) is 0 Å². The van der Waals surface area contributed by atoms with E-state index in [1.165, 1.54) is 12.8 Å². The molecule has 1 aromatic rings. The molecule has 1 atom stereocenters. The molecule has 1 fully saturated rings. The van der Waals surface area contributed by atoms with E-state index >= 15 is 0 Å². The van der Waals surface area contributed by atoms with Crippen molar-refractivity contribution >= 4 is 36.4 Å². The minimum absolute atomic E-state index is 0. The largest absolute Gasteiger partial charge is 0.298 e. The van der Waals surface area contributed by atoms with Crippen molar-refractivity contribution in [3.05, 3.63) is 23.2 Å². The van der Waals surface area contributed by atoms with E-state index in [0.29, 0.717) is 11.2 Å². The lowest BCUT2D eigenvalue weighted by atomic mass is 10.0. The van der Waals surface area contributed by atoms with Crippen LogP contribution in [0.3, 0.4) is 0 Å². The number of piperidine rings is 1. The summed E-state index contributed by atoms with van der Waals surface area (Å²) < 4.78 is 0. The number of rotatable bonds is 1. The molecular weight excluding hydrogens is 268 g/mol. The van der Waals surface area contributed by atoms with Gasteiger partial charge >= 0.3 is 0 Å². The molecule has 1 aliphatic rings. The molecule has 1 aliphatic heterocycles. The number of nitrogens with zero attached hydrogens (tertiary/aromatic N) is 3. The predicted molar refractivity (Wildman–Crippen MR) is 70.8 cm³/mol. The van der Waals surface area contributed by atoms with Crippen molar-refractivity contribution in [1.82, 2.24) is 14.9 Å². The zero-order chi connectivity index (χ0) is 9.97. The van der Waals surface area contributed by atoms with Crippen LogP contribution in [0.25, 0.3) is 0 Å². The monoisotopic (exact) mass is 283 g/mol. The molecule has 1 unspecified atom stereocenters. The Labute approximate surface area is 113 Å². The van der Waals surface area contributed by atoms with Crippen molar-refractivity contribution in [1.29, 1.82) is 0 Å². The molecule has 0 radical (unpaired) electrons. The van der Waals surface area contributed by atoms with Gasteiger partial charge in [-0.15, -0.1) is 24.8 Å². The summed E-state index contributed by atoms with van der Waals surface area (Å²) in [7, 11) is 2.13. The maximum Gasteiger partial charge on any atom is 0.147 e. The second kappa shape index (κ2) is 7.28. The van der Waals surface area contributed by atoms with Crippen molar-refractivity contribution in [2.75, 3.05) is 13.6 Å². The van der Waals surface area contributed by atoms with Crippen LogP contribution in [-0.2, 0) is 0 Å². The minimum atomic E-state index is 0. The molecule has 0 saturated carbocycles. The third-order valence-electron chi connectivity index (χ3n) is 2.74. The Morgan fingerprint density at radius 1 is 1.31 bits per heavy atom. The molecule has 2 heterocycles. The van der Waals surface area contributed by atoms with E-state index in [1.54, 1.807) is 6.20 Å². The molecule has 0 spiro atoms. The average molecular weight is 285 g/mol. The SMILES string of the molecule is CN1CCCCC1c1cncc(Cl)n1.Cl.Cl. The second-order valence-corrected chi connectivity index (χ2v) is 4.15. The van der Waals surface area contributed by atoms with Gasteiger partial charge in [0.05, 0.1) is 24.1 Å². The summed E-state index contributed by atoms with van der Waals surface area (Å²) in [4.78, 5) is 10.7. The Morgan fingerprint density at radius 3 is 2.69 bits per heavy atom. The standard InChI is InChI=1S/C10H14ClN3.2ClH/c1-14-5-3-2-4-9(14)8-6-12-7-10(11)13-8;;/h6-7,9H,2-5H2,1H3;2*1H. The summed E-state index contributed by atoms with van der Waals surface area (Å²) in [6, 6.07) is 0.398. The van der Waals surface area contributed by atoms with Gasteiger partial charge < -0.3 is 0 Å². The molecule has 92 valence electrons. The topological polar surface area (TPSA) is 29.0 Å². The fourth-order valence-electron chi connectivity index (χ4n) is 1.97. The van der Waals surface area contributed by atoms with Crippen molar-refractivity contribution in [2.45, 2.75) is 25.3 Å². The minimum Gasteiger partial charge on any atom is -0.298 e. The Bertz CT molecular complexity index is 322. The summed E-state index contributed by atoms with van der Waals surface area (Å²) in [6.45, 7) is 1.14. The predicted octanol–water partition coefficient (Wildman–Crippen LogP) is 3.13. The summed E-state index contributed by atoms with van der Waals surface area (Å²) in [5, 5.41) is 0.487.